The number of oxazole rings is 1. The van der Waals surface area contributed by atoms with Gasteiger partial charge in [-0.25, -0.2) is 4.98 Å². The van der Waals surface area contributed by atoms with Crippen LogP contribution >= 0.6 is 0 Å². The molecule has 0 aliphatic carbocycles. The molecule has 3 aromatic carbocycles. The molecule has 0 fully saturated rings. The SMILES string of the molecule is CCOc1ccc(C(=O)Nc2ccc(Cc3nc4cc(C)c(C)cc4o3)cc2)cc1. The number of benzene rings is 3. The zero-order valence-electron chi connectivity index (χ0n) is 17.4. The lowest BCUT2D eigenvalue weighted by atomic mass is 10.1. The molecule has 0 bridgehead atoms. The van der Waals surface area contributed by atoms with Gasteiger partial charge in [0.1, 0.15) is 11.3 Å². The van der Waals surface area contributed by atoms with Crippen LogP contribution in [0.3, 0.4) is 0 Å². The topological polar surface area (TPSA) is 64.4 Å². The number of nitrogens with one attached hydrogen (secondary N) is 1. The first-order valence-electron chi connectivity index (χ1n) is 10.0. The number of carbonyl (C=O) groups excluding carboxylic acids is 1. The molecule has 5 nitrogen and oxygen atoms in total. The number of carbonyl (C=O) groups is 1. The van der Waals surface area contributed by atoms with E-state index in [1.807, 2.05) is 37.3 Å². The van der Waals surface area contributed by atoms with Crippen molar-refractivity contribution in [3.8, 4) is 5.75 Å². The Hall–Kier alpha value is -3.60. The Morgan fingerprint density at radius 1 is 1.00 bits per heavy atom. The molecule has 4 aromatic rings. The van der Waals surface area contributed by atoms with Crippen LogP contribution in [0.4, 0.5) is 5.69 Å². The summed E-state index contributed by atoms with van der Waals surface area (Å²) in [7, 11) is 0. The number of fused-ring (bicyclic) bond motifs is 1. The van der Waals surface area contributed by atoms with Crippen molar-refractivity contribution in [1.82, 2.24) is 4.98 Å². The molecule has 4 rings (SSSR count). The molecule has 1 amide bonds. The summed E-state index contributed by atoms with van der Waals surface area (Å²) in [5.41, 5.74) is 6.47. The van der Waals surface area contributed by atoms with E-state index in [-0.39, 0.29) is 5.91 Å². The van der Waals surface area contributed by atoms with Crippen LogP contribution in [-0.4, -0.2) is 17.5 Å². The van der Waals surface area contributed by atoms with Gasteiger partial charge < -0.3 is 14.5 Å². The fourth-order valence-electron chi connectivity index (χ4n) is 3.26. The third kappa shape index (κ3) is 4.35. The molecule has 5 heteroatoms. The second-order valence-corrected chi connectivity index (χ2v) is 7.30. The number of nitrogens with zero attached hydrogens (tertiary/aromatic N) is 1. The third-order valence-electron chi connectivity index (χ3n) is 5.04. The minimum absolute atomic E-state index is 0.157. The molecule has 1 N–H and O–H groups in total. The largest absolute Gasteiger partial charge is 0.494 e. The molecule has 0 radical (unpaired) electrons. The molecule has 0 saturated carbocycles. The van der Waals surface area contributed by atoms with Crippen molar-refractivity contribution in [3.05, 3.63) is 88.8 Å². The summed E-state index contributed by atoms with van der Waals surface area (Å²) in [4.78, 5) is 17.0. The highest BCUT2D eigenvalue weighted by atomic mass is 16.5. The standard InChI is InChI=1S/C25H24N2O3/c1-4-29-21-11-7-19(8-12-21)25(28)26-20-9-5-18(6-10-20)15-24-27-22-13-16(2)17(3)14-23(22)30-24/h5-14H,4,15H2,1-3H3,(H,26,28). The van der Waals surface area contributed by atoms with Gasteiger partial charge in [-0.3, -0.25) is 4.79 Å². The van der Waals surface area contributed by atoms with Gasteiger partial charge in [0.15, 0.2) is 11.5 Å². The first-order valence-corrected chi connectivity index (χ1v) is 10.0. The lowest BCUT2D eigenvalue weighted by molar-refractivity contribution is 0.102. The van der Waals surface area contributed by atoms with E-state index in [1.165, 1.54) is 11.1 Å². The van der Waals surface area contributed by atoms with E-state index in [4.69, 9.17) is 9.15 Å². The van der Waals surface area contributed by atoms with Crippen molar-refractivity contribution >= 4 is 22.7 Å². The predicted molar refractivity (Wildman–Crippen MR) is 118 cm³/mol. The van der Waals surface area contributed by atoms with Gasteiger partial charge in [-0.2, -0.15) is 0 Å². The molecular weight excluding hydrogens is 376 g/mol. The maximum absolute atomic E-state index is 12.4. The van der Waals surface area contributed by atoms with Crippen LogP contribution < -0.4 is 10.1 Å². The number of hydrogen-bond donors (Lipinski definition) is 1. The Morgan fingerprint density at radius 2 is 1.70 bits per heavy atom. The molecule has 30 heavy (non-hydrogen) atoms. The van der Waals surface area contributed by atoms with Crippen molar-refractivity contribution < 1.29 is 13.9 Å². The number of anilines is 1. The summed E-state index contributed by atoms with van der Waals surface area (Å²) < 4.78 is 11.3. The second-order valence-electron chi connectivity index (χ2n) is 7.30. The summed E-state index contributed by atoms with van der Waals surface area (Å²) in [6, 6.07) is 18.9. The predicted octanol–water partition coefficient (Wildman–Crippen LogP) is 5.69. The molecule has 152 valence electrons. The second kappa shape index (κ2) is 8.41. The van der Waals surface area contributed by atoms with E-state index in [0.717, 1.165) is 28.1 Å². The molecule has 0 atom stereocenters. The quantitative estimate of drug-likeness (QED) is 0.452. The van der Waals surface area contributed by atoms with Gasteiger partial charge in [0.25, 0.3) is 5.91 Å². The van der Waals surface area contributed by atoms with Crippen LogP contribution in [0.1, 0.15) is 39.9 Å². The van der Waals surface area contributed by atoms with E-state index in [1.54, 1.807) is 24.3 Å². The first-order chi connectivity index (χ1) is 14.5. The van der Waals surface area contributed by atoms with Crippen molar-refractivity contribution in [2.24, 2.45) is 0 Å². The molecule has 0 saturated heterocycles. The summed E-state index contributed by atoms with van der Waals surface area (Å²) in [6.07, 6.45) is 0.597. The maximum Gasteiger partial charge on any atom is 0.255 e. The maximum atomic E-state index is 12.4. The number of aryl methyl sites for hydroxylation is 2. The normalized spacial score (nSPS) is 10.9. The van der Waals surface area contributed by atoms with Crippen molar-refractivity contribution in [1.29, 1.82) is 0 Å². The van der Waals surface area contributed by atoms with E-state index < -0.39 is 0 Å². The van der Waals surface area contributed by atoms with Crippen LogP contribution in [0, 0.1) is 13.8 Å². The Labute approximate surface area is 175 Å². The summed E-state index contributed by atoms with van der Waals surface area (Å²) in [5.74, 6) is 1.28. The van der Waals surface area contributed by atoms with Crippen LogP contribution in [0.5, 0.6) is 5.75 Å². The number of ether oxygens (including phenoxy) is 1. The smallest absolute Gasteiger partial charge is 0.255 e. The number of hydrogen-bond acceptors (Lipinski definition) is 4. The van der Waals surface area contributed by atoms with Crippen molar-refractivity contribution in [2.75, 3.05) is 11.9 Å². The van der Waals surface area contributed by atoms with Gasteiger partial charge in [-0.15, -0.1) is 0 Å². The Bertz CT molecular complexity index is 1140. The van der Waals surface area contributed by atoms with Crippen molar-refractivity contribution in [3.63, 3.8) is 0 Å². The minimum Gasteiger partial charge on any atom is -0.494 e. The lowest BCUT2D eigenvalue weighted by Gasteiger charge is -2.07. The lowest BCUT2D eigenvalue weighted by Crippen LogP contribution is -2.11. The van der Waals surface area contributed by atoms with Crippen LogP contribution in [0.25, 0.3) is 11.1 Å². The van der Waals surface area contributed by atoms with Gasteiger partial charge in [0, 0.05) is 17.7 Å². The minimum atomic E-state index is -0.157. The summed E-state index contributed by atoms with van der Waals surface area (Å²) in [5, 5.41) is 2.92. The fraction of sp³-hybridized carbons (Fsp3) is 0.200. The van der Waals surface area contributed by atoms with Gasteiger partial charge in [-0.05, 0) is 86.0 Å². The van der Waals surface area contributed by atoms with E-state index in [9.17, 15) is 4.79 Å². The van der Waals surface area contributed by atoms with E-state index >= 15 is 0 Å². The Balaban J connectivity index is 1.42. The molecule has 0 unspecified atom stereocenters. The average molecular weight is 400 g/mol. The summed E-state index contributed by atoms with van der Waals surface area (Å²) >= 11 is 0. The zero-order valence-corrected chi connectivity index (χ0v) is 17.4. The highest BCUT2D eigenvalue weighted by Crippen LogP contribution is 2.22. The highest BCUT2D eigenvalue weighted by molar-refractivity contribution is 6.04. The molecule has 0 spiro atoms. The molecule has 0 aliphatic rings. The van der Waals surface area contributed by atoms with Crippen molar-refractivity contribution in [2.45, 2.75) is 27.2 Å². The van der Waals surface area contributed by atoms with E-state index in [2.05, 4.69) is 30.2 Å². The molecule has 1 heterocycles. The zero-order chi connectivity index (χ0) is 21.1. The highest BCUT2D eigenvalue weighted by Gasteiger charge is 2.10. The Morgan fingerprint density at radius 3 is 2.40 bits per heavy atom. The van der Waals surface area contributed by atoms with Gasteiger partial charge in [0.2, 0.25) is 0 Å². The van der Waals surface area contributed by atoms with Crippen LogP contribution in [-0.2, 0) is 6.42 Å². The molecular formula is C25H24N2O3. The van der Waals surface area contributed by atoms with E-state index in [0.29, 0.717) is 24.5 Å². The Kier molecular flexibility index (Phi) is 5.53. The van der Waals surface area contributed by atoms with Gasteiger partial charge >= 0.3 is 0 Å². The fourth-order valence-corrected chi connectivity index (χ4v) is 3.26. The monoisotopic (exact) mass is 400 g/mol. The number of amides is 1. The molecule has 1 aromatic heterocycles. The van der Waals surface area contributed by atoms with Crippen LogP contribution in [0.2, 0.25) is 0 Å². The average Bonchev–Trinajstić information content (AvgIpc) is 3.11. The van der Waals surface area contributed by atoms with Gasteiger partial charge in [0.05, 0.1) is 6.61 Å². The third-order valence-corrected chi connectivity index (χ3v) is 5.04. The number of aromatic nitrogens is 1. The molecule has 0 aliphatic heterocycles. The number of rotatable bonds is 6. The van der Waals surface area contributed by atoms with Gasteiger partial charge in [-0.1, -0.05) is 12.1 Å². The first kappa shape index (κ1) is 19.7. The summed E-state index contributed by atoms with van der Waals surface area (Å²) in [6.45, 7) is 6.66. The van der Waals surface area contributed by atoms with Crippen LogP contribution in [0.15, 0.2) is 65.1 Å².